The first-order valence-corrected chi connectivity index (χ1v) is 5.30. The molecule has 0 bridgehead atoms. The summed E-state index contributed by atoms with van der Waals surface area (Å²) in [5.74, 6) is 2.12. The van der Waals surface area contributed by atoms with Crippen LogP contribution in [0.3, 0.4) is 0 Å². The van der Waals surface area contributed by atoms with E-state index in [9.17, 15) is 0 Å². The summed E-state index contributed by atoms with van der Waals surface area (Å²) in [5, 5.41) is 3.15. The number of nitrogens with zero attached hydrogens (tertiary/aromatic N) is 1. The second kappa shape index (κ2) is 4.22. The molecule has 1 aromatic rings. The number of halogens is 1. The maximum absolute atomic E-state index is 6.14. The number of hydrogen-bond acceptors (Lipinski definition) is 4. The van der Waals surface area contributed by atoms with Gasteiger partial charge in [-0.1, -0.05) is 11.6 Å². The number of anilines is 1. The molecule has 2 rings (SSSR count). The first-order valence-electron chi connectivity index (χ1n) is 4.87. The Bertz CT molecular complexity index is 446. The number of rotatable bonds is 2. The van der Waals surface area contributed by atoms with Crippen molar-refractivity contribution in [2.45, 2.75) is 12.4 Å². The van der Waals surface area contributed by atoms with Gasteiger partial charge in [0.05, 0.1) is 20.1 Å². The maximum Gasteiger partial charge on any atom is 0.162 e. The molecule has 0 fully saturated rings. The van der Waals surface area contributed by atoms with E-state index in [-0.39, 0.29) is 5.50 Å². The zero-order chi connectivity index (χ0) is 11.7. The third-order valence-corrected chi connectivity index (χ3v) is 2.77. The molecule has 1 aliphatic heterocycles. The van der Waals surface area contributed by atoms with Crippen LogP contribution in [0.5, 0.6) is 11.5 Å². The van der Waals surface area contributed by atoms with Crippen LogP contribution in [0.4, 0.5) is 5.69 Å². The SMILES string of the molecule is COc1cc2c(cc1OC)[C@@H](Cl)N=C(C)N2. The molecule has 1 atom stereocenters. The van der Waals surface area contributed by atoms with E-state index in [0.29, 0.717) is 11.5 Å². The van der Waals surface area contributed by atoms with E-state index in [0.717, 1.165) is 17.1 Å². The molecule has 1 aliphatic rings. The predicted molar refractivity (Wildman–Crippen MR) is 64.9 cm³/mol. The third-order valence-electron chi connectivity index (χ3n) is 2.43. The predicted octanol–water partition coefficient (Wildman–Crippen LogP) is 2.79. The summed E-state index contributed by atoms with van der Waals surface area (Å²) in [5.41, 5.74) is 1.42. The fourth-order valence-electron chi connectivity index (χ4n) is 1.67. The molecule has 4 nitrogen and oxygen atoms in total. The summed E-state index contributed by atoms with van der Waals surface area (Å²) >= 11 is 6.14. The number of methoxy groups -OCH3 is 2. The summed E-state index contributed by atoms with van der Waals surface area (Å²) in [4.78, 5) is 4.23. The van der Waals surface area contributed by atoms with Crippen LogP contribution in [0, 0.1) is 0 Å². The highest BCUT2D eigenvalue weighted by Crippen LogP contribution is 2.40. The molecule has 86 valence electrons. The molecule has 1 heterocycles. The Kier molecular flexibility index (Phi) is 2.92. The van der Waals surface area contributed by atoms with E-state index < -0.39 is 0 Å². The number of alkyl halides is 1. The van der Waals surface area contributed by atoms with E-state index in [1.807, 2.05) is 19.1 Å². The molecular formula is C11H13ClN2O2. The van der Waals surface area contributed by atoms with Crippen molar-refractivity contribution in [1.29, 1.82) is 0 Å². The molecule has 0 saturated heterocycles. The average Bonchev–Trinajstić information content (AvgIpc) is 2.27. The molecule has 0 unspecified atom stereocenters. The van der Waals surface area contributed by atoms with E-state index >= 15 is 0 Å². The van der Waals surface area contributed by atoms with Crippen molar-refractivity contribution in [2.75, 3.05) is 19.5 Å². The Labute approximate surface area is 99.2 Å². The molecule has 0 amide bonds. The number of aliphatic imine (C=N–C) groups is 1. The molecule has 0 spiro atoms. The molecule has 0 saturated carbocycles. The standard InChI is InChI=1S/C11H13ClN2O2/c1-6-13-8-5-10(16-3)9(15-2)4-7(8)11(12)14-6/h4-5,11H,1-3H3,(H,13,14)/t11-/m0/s1. The summed E-state index contributed by atoms with van der Waals surface area (Å²) in [6.45, 7) is 1.87. The molecule has 1 aromatic carbocycles. The van der Waals surface area contributed by atoms with Crippen LogP contribution in [-0.2, 0) is 0 Å². The summed E-state index contributed by atoms with van der Waals surface area (Å²) in [7, 11) is 3.20. The van der Waals surface area contributed by atoms with E-state index in [1.54, 1.807) is 14.2 Å². The number of nitrogens with one attached hydrogen (secondary N) is 1. The topological polar surface area (TPSA) is 42.9 Å². The molecular weight excluding hydrogens is 228 g/mol. The summed E-state index contributed by atoms with van der Waals surface area (Å²) in [6, 6.07) is 3.70. The highest BCUT2D eigenvalue weighted by molar-refractivity contribution is 6.22. The van der Waals surface area contributed by atoms with Gasteiger partial charge in [-0.25, -0.2) is 4.99 Å². The van der Waals surface area contributed by atoms with Crippen molar-refractivity contribution < 1.29 is 9.47 Å². The van der Waals surface area contributed by atoms with Crippen molar-refractivity contribution in [3.05, 3.63) is 17.7 Å². The van der Waals surface area contributed by atoms with Crippen LogP contribution >= 0.6 is 11.6 Å². The van der Waals surface area contributed by atoms with E-state index in [2.05, 4.69) is 10.3 Å². The lowest BCUT2D eigenvalue weighted by Crippen LogP contribution is -2.15. The number of benzene rings is 1. The first-order chi connectivity index (χ1) is 7.65. The van der Waals surface area contributed by atoms with Crippen LogP contribution in [0.2, 0.25) is 0 Å². The Morgan fingerprint density at radius 2 is 1.88 bits per heavy atom. The second-order valence-corrected chi connectivity index (χ2v) is 3.88. The lowest BCUT2D eigenvalue weighted by atomic mass is 10.1. The van der Waals surface area contributed by atoms with Gasteiger partial charge in [0.2, 0.25) is 0 Å². The van der Waals surface area contributed by atoms with Gasteiger partial charge in [-0.3, -0.25) is 0 Å². The maximum atomic E-state index is 6.14. The largest absolute Gasteiger partial charge is 0.493 e. The van der Waals surface area contributed by atoms with E-state index in [4.69, 9.17) is 21.1 Å². The van der Waals surface area contributed by atoms with E-state index in [1.165, 1.54) is 0 Å². The number of amidine groups is 1. The Morgan fingerprint density at radius 1 is 1.25 bits per heavy atom. The van der Waals surface area contributed by atoms with Gasteiger partial charge < -0.3 is 14.8 Å². The molecule has 0 radical (unpaired) electrons. The third kappa shape index (κ3) is 1.80. The molecule has 1 N–H and O–H groups in total. The van der Waals surface area contributed by atoms with Crippen molar-refractivity contribution in [2.24, 2.45) is 4.99 Å². The quantitative estimate of drug-likeness (QED) is 0.639. The van der Waals surface area contributed by atoms with Gasteiger partial charge in [-0.2, -0.15) is 0 Å². The lowest BCUT2D eigenvalue weighted by molar-refractivity contribution is 0.354. The van der Waals surface area contributed by atoms with Gasteiger partial charge >= 0.3 is 0 Å². The minimum Gasteiger partial charge on any atom is -0.493 e. The number of ether oxygens (including phenoxy) is 2. The van der Waals surface area contributed by atoms with Crippen LogP contribution in [-0.4, -0.2) is 20.1 Å². The van der Waals surface area contributed by atoms with Gasteiger partial charge in [-0.05, 0) is 13.0 Å². The smallest absolute Gasteiger partial charge is 0.162 e. The monoisotopic (exact) mass is 240 g/mol. The zero-order valence-electron chi connectivity index (χ0n) is 9.37. The molecule has 0 aliphatic carbocycles. The molecule has 0 aromatic heterocycles. The highest BCUT2D eigenvalue weighted by atomic mass is 35.5. The lowest BCUT2D eigenvalue weighted by Gasteiger charge is -2.21. The number of fused-ring (bicyclic) bond motifs is 1. The Morgan fingerprint density at radius 3 is 2.50 bits per heavy atom. The van der Waals surface area contributed by atoms with Crippen molar-refractivity contribution in [3.8, 4) is 11.5 Å². The van der Waals surface area contributed by atoms with Gasteiger partial charge in [0.15, 0.2) is 17.0 Å². The van der Waals surface area contributed by atoms with Crippen molar-refractivity contribution >= 4 is 23.1 Å². The first kappa shape index (κ1) is 11.1. The van der Waals surface area contributed by atoms with Gasteiger partial charge in [-0.15, -0.1) is 0 Å². The number of hydrogen-bond donors (Lipinski definition) is 1. The van der Waals surface area contributed by atoms with Gasteiger partial charge in [0.1, 0.15) is 0 Å². The average molecular weight is 241 g/mol. The summed E-state index contributed by atoms with van der Waals surface area (Å²) < 4.78 is 10.4. The summed E-state index contributed by atoms with van der Waals surface area (Å²) in [6.07, 6.45) is 0. The highest BCUT2D eigenvalue weighted by Gasteiger charge is 2.20. The van der Waals surface area contributed by atoms with Crippen LogP contribution in [0.25, 0.3) is 0 Å². The van der Waals surface area contributed by atoms with Crippen molar-refractivity contribution in [3.63, 3.8) is 0 Å². The van der Waals surface area contributed by atoms with Gasteiger partial charge in [0, 0.05) is 17.3 Å². The molecule has 5 heteroatoms. The Balaban J connectivity index is 2.51. The molecule has 16 heavy (non-hydrogen) atoms. The fraction of sp³-hybridized carbons (Fsp3) is 0.364. The normalized spacial score (nSPS) is 18.2. The van der Waals surface area contributed by atoms with Crippen LogP contribution in [0.1, 0.15) is 18.0 Å². The Hall–Kier alpha value is -1.42. The minimum absolute atomic E-state index is 0.379. The zero-order valence-corrected chi connectivity index (χ0v) is 10.1. The second-order valence-electron chi connectivity index (χ2n) is 3.47. The minimum atomic E-state index is -0.379. The fourth-order valence-corrected chi connectivity index (χ4v) is 1.99. The van der Waals surface area contributed by atoms with Crippen LogP contribution < -0.4 is 14.8 Å². The van der Waals surface area contributed by atoms with Gasteiger partial charge in [0.25, 0.3) is 0 Å². The van der Waals surface area contributed by atoms with Crippen LogP contribution in [0.15, 0.2) is 17.1 Å². The van der Waals surface area contributed by atoms with Crippen molar-refractivity contribution in [1.82, 2.24) is 0 Å².